The highest BCUT2D eigenvalue weighted by Gasteiger charge is 2.24. The van der Waals surface area contributed by atoms with Crippen LogP contribution in [0.4, 0.5) is 4.39 Å². The van der Waals surface area contributed by atoms with Crippen LogP contribution in [0, 0.1) is 5.82 Å². The molecule has 0 saturated carbocycles. The van der Waals surface area contributed by atoms with E-state index in [0.717, 1.165) is 43.7 Å². The standard InChI is InChI=1S/C26H30FN5O4/c27-23-18-6-2-3-7-20(18)31-24(23)25(34)32-21(26(35)36)12-14-29-22(33)8-4-1-5-17-10-9-16-15-28-13-11-19(16)30-17/h2-3,6-7,9-10,21,28,31H,1,4-5,8,11-15H2,(H,29,33)(H,32,34)(H,35,36). The van der Waals surface area contributed by atoms with Gasteiger partial charge >= 0.3 is 5.97 Å². The van der Waals surface area contributed by atoms with Crippen LogP contribution in [-0.2, 0) is 29.0 Å². The summed E-state index contributed by atoms with van der Waals surface area (Å²) in [6.45, 7) is 1.87. The predicted molar refractivity (Wildman–Crippen MR) is 132 cm³/mol. The van der Waals surface area contributed by atoms with Crippen LogP contribution >= 0.6 is 0 Å². The second kappa shape index (κ2) is 11.8. The van der Waals surface area contributed by atoms with Crippen molar-refractivity contribution in [3.63, 3.8) is 0 Å². The van der Waals surface area contributed by atoms with E-state index in [9.17, 15) is 23.9 Å². The third kappa shape index (κ3) is 6.25. The first kappa shape index (κ1) is 25.3. The molecule has 0 bridgehead atoms. The quantitative estimate of drug-likeness (QED) is 0.259. The van der Waals surface area contributed by atoms with Gasteiger partial charge < -0.3 is 26.0 Å². The minimum absolute atomic E-state index is 0.0252. The van der Waals surface area contributed by atoms with Gasteiger partial charge in [0.25, 0.3) is 5.91 Å². The van der Waals surface area contributed by atoms with E-state index in [4.69, 9.17) is 4.98 Å². The van der Waals surface area contributed by atoms with Gasteiger partial charge in [0.05, 0.1) is 0 Å². The fourth-order valence-electron chi connectivity index (χ4n) is 4.31. The number of hydrogen-bond acceptors (Lipinski definition) is 5. The first-order valence-electron chi connectivity index (χ1n) is 12.2. The number of carbonyl (C=O) groups is 3. The van der Waals surface area contributed by atoms with Crippen molar-refractivity contribution >= 4 is 28.7 Å². The fraction of sp³-hybridized carbons (Fsp3) is 0.385. The van der Waals surface area contributed by atoms with Crippen LogP contribution in [0.1, 0.15) is 53.1 Å². The zero-order chi connectivity index (χ0) is 25.5. The summed E-state index contributed by atoms with van der Waals surface area (Å²) in [6, 6.07) is 9.38. The normalized spacial score (nSPS) is 13.7. The molecule has 3 aromatic rings. The zero-order valence-electron chi connectivity index (χ0n) is 19.9. The number of aryl methyl sites for hydroxylation is 1. The molecule has 1 aromatic carbocycles. The van der Waals surface area contributed by atoms with Gasteiger partial charge in [0.1, 0.15) is 11.7 Å². The molecular formula is C26H30FN5O4. The highest BCUT2D eigenvalue weighted by atomic mass is 19.1. The molecule has 4 rings (SSSR count). The number of amides is 2. The maximum atomic E-state index is 14.5. The lowest BCUT2D eigenvalue weighted by Crippen LogP contribution is -2.43. The van der Waals surface area contributed by atoms with Crippen LogP contribution in [0.25, 0.3) is 10.9 Å². The highest BCUT2D eigenvalue weighted by molar-refractivity contribution is 6.00. The number of halogens is 1. The Bertz CT molecular complexity index is 1260. The number of aliphatic carboxylic acids is 1. The van der Waals surface area contributed by atoms with Gasteiger partial charge in [0.15, 0.2) is 5.82 Å². The molecule has 0 radical (unpaired) electrons. The fourth-order valence-corrected chi connectivity index (χ4v) is 4.31. The second-order valence-electron chi connectivity index (χ2n) is 8.90. The Morgan fingerprint density at radius 1 is 1.14 bits per heavy atom. The van der Waals surface area contributed by atoms with Crippen molar-refractivity contribution in [2.24, 2.45) is 0 Å². The summed E-state index contributed by atoms with van der Waals surface area (Å²) >= 11 is 0. The lowest BCUT2D eigenvalue weighted by Gasteiger charge is -2.16. The molecule has 9 nitrogen and oxygen atoms in total. The molecule has 36 heavy (non-hydrogen) atoms. The molecule has 1 unspecified atom stereocenters. The van der Waals surface area contributed by atoms with Crippen molar-refractivity contribution in [3.05, 3.63) is 64.9 Å². The number of nitrogens with one attached hydrogen (secondary N) is 4. The van der Waals surface area contributed by atoms with Gasteiger partial charge in [-0.1, -0.05) is 18.2 Å². The Morgan fingerprint density at radius 3 is 2.78 bits per heavy atom. The van der Waals surface area contributed by atoms with Crippen LogP contribution in [0.15, 0.2) is 36.4 Å². The van der Waals surface area contributed by atoms with Crippen molar-refractivity contribution < 1.29 is 23.9 Å². The Morgan fingerprint density at radius 2 is 1.97 bits per heavy atom. The number of aromatic nitrogens is 2. The number of para-hydroxylation sites is 1. The molecule has 0 saturated heterocycles. The molecule has 0 aliphatic carbocycles. The lowest BCUT2D eigenvalue weighted by atomic mass is 10.0. The molecule has 1 aliphatic heterocycles. The number of rotatable bonds is 11. The number of hydrogen-bond donors (Lipinski definition) is 5. The van der Waals surface area contributed by atoms with Crippen molar-refractivity contribution in [1.29, 1.82) is 0 Å². The minimum atomic E-state index is -1.27. The van der Waals surface area contributed by atoms with Gasteiger partial charge in [-0.25, -0.2) is 9.18 Å². The van der Waals surface area contributed by atoms with Gasteiger partial charge in [0, 0.05) is 54.8 Å². The minimum Gasteiger partial charge on any atom is -0.480 e. The Kier molecular flexibility index (Phi) is 8.27. The first-order valence-corrected chi connectivity index (χ1v) is 12.2. The van der Waals surface area contributed by atoms with Crippen LogP contribution in [0.5, 0.6) is 0 Å². The number of unbranched alkanes of at least 4 members (excludes halogenated alkanes) is 1. The highest BCUT2D eigenvalue weighted by Crippen LogP contribution is 2.20. The molecule has 0 fully saturated rings. The molecule has 0 spiro atoms. The summed E-state index contributed by atoms with van der Waals surface area (Å²) in [6.07, 6.45) is 3.53. The SMILES string of the molecule is O=C(CCCCc1ccc2c(n1)CCNC2)NCCC(NC(=O)c1[nH]c2ccccc2c1F)C(=O)O. The van der Waals surface area contributed by atoms with E-state index in [-0.39, 0.29) is 30.0 Å². The van der Waals surface area contributed by atoms with Crippen molar-refractivity contribution in [2.45, 2.75) is 51.1 Å². The van der Waals surface area contributed by atoms with Gasteiger partial charge in [-0.15, -0.1) is 0 Å². The molecule has 1 atom stereocenters. The smallest absolute Gasteiger partial charge is 0.326 e. The number of fused-ring (bicyclic) bond motifs is 2. The van der Waals surface area contributed by atoms with Gasteiger partial charge in [-0.3, -0.25) is 14.6 Å². The van der Waals surface area contributed by atoms with Crippen molar-refractivity contribution in [1.82, 2.24) is 25.9 Å². The largest absolute Gasteiger partial charge is 0.480 e. The molecule has 3 heterocycles. The third-order valence-electron chi connectivity index (χ3n) is 6.30. The van der Waals surface area contributed by atoms with Crippen LogP contribution in [0.3, 0.4) is 0 Å². The number of carboxylic acid groups (broad SMARTS) is 1. The summed E-state index contributed by atoms with van der Waals surface area (Å²) in [7, 11) is 0. The summed E-state index contributed by atoms with van der Waals surface area (Å²) in [5.74, 6) is -3.03. The Balaban J connectivity index is 1.18. The molecule has 10 heteroatoms. The average molecular weight is 496 g/mol. The molecule has 2 aromatic heterocycles. The Hall–Kier alpha value is -3.79. The summed E-state index contributed by atoms with van der Waals surface area (Å²) in [5.41, 5.74) is 3.54. The number of carboxylic acids is 1. The number of benzene rings is 1. The second-order valence-corrected chi connectivity index (χ2v) is 8.90. The van der Waals surface area contributed by atoms with Crippen LogP contribution in [0.2, 0.25) is 0 Å². The van der Waals surface area contributed by atoms with E-state index in [1.807, 2.05) is 6.07 Å². The van der Waals surface area contributed by atoms with E-state index >= 15 is 0 Å². The predicted octanol–water partition coefficient (Wildman–Crippen LogP) is 2.45. The number of nitrogens with zero attached hydrogens (tertiary/aromatic N) is 1. The summed E-state index contributed by atoms with van der Waals surface area (Å²) in [5, 5.41) is 18.1. The van der Waals surface area contributed by atoms with Crippen molar-refractivity contribution in [3.8, 4) is 0 Å². The van der Waals surface area contributed by atoms with Gasteiger partial charge in [-0.2, -0.15) is 0 Å². The third-order valence-corrected chi connectivity index (χ3v) is 6.30. The summed E-state index contributed by atoms with van der Waals surface area (Å²) < 4.78 is 14.5. The maximum Gasteiger partial charge on any atom is 0.326 e. The van der Waals surface area contributed by atoms with Gasteiger partial charge in [0.2, 0.25) is 5.91 Å². The number of H-pyrrole nitrogens is 1. The first-order chi connectivity index (χ1) is 17.4. The summed E-state index contributed by atoms with van der Waals surface area (Å²) in [4.78, 5) is 43.6. The van der Waals surface area contributed by atoms with E-state index < -0.39 is 23.7 Å². The maximum absolute atomic E-state index is 14.5. The van der Waals surface area contributed by atoms with E-state index in [0.29, 0.717) is 18.4 Å². The van der Waals surface area contributed by atoms with Crippen LogP contribution in [-0.4, -0.2) is 52.0 Å². The molecule has 5 N–H and O–H groups in total. The molecule has 190 valence electrons. The molecule has 2 amide bonds. The molecular weight excluding hydrogens is 465 g/mol. The van der Waals surface area contributed by atoms with E-state index in [2.05, 4.69) is 27.0 Å². The number of aromatic amines is 1. The Labute approximate surface area is 207 Å². The average Bonchev–Trinajstić information content (AvgIpc) is 3.22. The van der Waals surface area contributed by atoms with E-state index in [1.54, 1.807) is 18.2 Å². The van der Waals surface area contributed by atoms with Gasteiger partial charge in [-0.05, 0) is 49.4 Å². The number of carbonyl (C=O) groups excluding carboxylic acids is 2. The van der Waals surface area contributed by atoms with Crippen LogP contribution < -0.4 is 16.0 Å². The topological polar surface area (TPSA) is 136 Å². The lowest BCUT2D eigenvalue weighted by molar-refractivity contribution is -0.139. The monoisotopic (exact) mass is 495 g/mol. The zero-order valence-corrected chi connectivity index (χ0v) is 19.9. The molecule has 1 aliphatic rings. The van der Waals surface area contributed by atoms with E-state index in [1.165, 1.54) is 11.6 Å². The van der Waals surface area contributed by atoms with Crippen molar-refractivity contribution in [2.75, 3.05) is 13.1 Å². The number of pyridine rings is 1.